The number of rotatable bonds is 6. The van der Waals surface area contributed by atoms with Crippen molar-refractivity contribution in [2.24, 2.45) is 0 Å². The van der Waals surface area contributed by atoms with Crippen molar-refractivity contribution < 1.29 is 33.0 Å². The zero-order valence-electron chi connectivity index (χ0n) is 10.8. The number of alkyl halides is 3. The molecule has 2 aromatic rings. The number of hydrogen-bond donors (Lipinski definition) is 2. The van der Waals surface area contributed by atoms with Gasteiger partial charge in [-0.05, 0) is 11.8 Å². The molecule has 7 nitrogen and oxygen atoms in total. The van der Waals surface area contributed by atoms with Crippen molar-refractivity contribution in [3.63, 3.8) is 0 Å². The van der Waals surface area contributed by atoms with Gasteiger partial charge in [0.1, 0.15) is 9.88 Å². The van der Waals surface area contributed by atoms with Crippen LogP contribution in [0, 0.1) is 0 Å². The first kappa shape index (κ1) is 17.6. The van der Waals surface area contributed by atoms with Gasteiger partial charge in [-0.2, -0.15) is 13.2 Å². The summed E-state index contributed by atoms with van der Waals surface area (Å²) in [5.74, 6) is -2.71. The number of aromatic carboxylic acids is 1. The van der Waals surface area contributed by atoms with Gasteiger partial charge in [-0.3, -0.25) is 4.79 Å². The van der Waals surface area contributed by atoms with E-state index in [0.717, 1.165) is 23.1 Å². The molecule has 23 heavy (non-hydrogen) atoms. The van der Waals surface area contributed by atoms with E-state index < -0.39 is 28.7 Å². The fourth-order valence-electron chi connectivity index (χ4n) is 1.35. The molecule has 0 amide bonds. The van der Waals surface area contributed by atoms with Crippen molar-refractivity contribution in [2.45, 2.75) is 27.7 Å². The molecule has 0 saturated carbocycles. The van der Waals surface area contributed by atoms with Crippen LogP contribution in [-0.4, -0.2) is 37.3 Å². The van der Waals surface area contributed by atoms with Gasteiger partial charge in [-0.25, -0.2) is 9.78 Å². The highest BCUT2D eigenvalue weighted by molar-refractivity contribution is 8.02. The highest BCUT2D eigenvalue weighted by atomic mass is 32.2. The second kappa shape index (κ2) is 6.80. The summed E-state index contributed by atoms with van der Waals surface area (Å²) >= 11 is 2.16. The number of carbonyl (C=O) groups is 2. The Balaban J connectivity index is 2.17. The minimum Gasteiger partial charge on any atom is -0.481 e. The molecule has 0 unspecified atom stereocenters. The average Bonchev–Trinajstić information content (AvgIpc) is 3.03. The van der Waals surface area contributed by atoms with Gasteiger partial charge < -0.3 is 10.2 Å². The van der Waals surface area contributed by atoms with E-state index in [1.54, 1.807) is 0 Å². The lowest BCUT2D eigenvalue weighted by Crippen LogP contribution is -2.11. The number of thiazole rings is 1. The molecular weight excluding hydrogens is 379 g/mol. The Bertz CT molecular complexity index is 743. The molecule has 0 aliphatic heterocycles. The number of nitrogens with zero attached hydrogens (tertiary/aromatic N) is 3. The molecule has 0 saturated heterocycles. The first-order valence-electron chi connectivity index (χ1n) is 5.70. The Labute approximate surface area is 138 Å². The topological polar surface area (TPSA) is 113 Å². The van der Waals surface area contributed by atoms with Gasteiger partial charge in [0.25, 0.3) is 0 Å². The van der Waals surface area contributed by atoms with E-state index in [9.17, 15) is 22.8 Å². The van der Waals surface area contributed by atoms with Crippen LogP contribution in [0.5, 0.6) is 0 Å². The van der Waals surface area contributed by atoms with Crippen LogP contribution >= 0.6 is 34.4 Å². The summed E-state index contributed by atoms with van der Waals surface area (Å²) in [7, 11) is 0. The summed E-state index contributed by atoms with van der Waals surface area (Å²) in [5, 5.41) is 25.2. The summed E-state index contributed by atoms with van der Waals surface area (Å²) in [6.07, 6.45) is -4.85. The lowest BCUT2D eigenvalue weighted by molar-refractivity contribution is -0.141. The minimum absolute atomic E-state index is 0.129. The lowest BCUT2D eigenvalue weighted by Gasteiger charge is -2.02. The van der Waals surface area contributed by atoms with E-state index in [1.165, 1.54) is 0 Å². The lowest BCUT2D eigenvalue weighted by atomic mass is 10.3. The van der Waals surface area contributed by atoms with Crippen LogP contribution in [0.2, 0.25) is 0 Å². The molecule has 2 rings (SSSR count). The third-order valence-electron chi connectivity index (χ3n) is 2.25. The molecule has 0 radical (unpaired) electrons. The van der Waals surface area contributed by atoms with Crippen LogP contribution in [0.25, 0.3) is 0 Å². The van der Waals surface area contributed by atoms with Crippen molar-refractivity contribution in [3.05, 3.63) is 15.6 Å². The molecule has 0 aromatic carbocycles. The Morgan fingerprint density at radius 1 is 1.13 bits per heavy atom. The molecular formula is C10H6F3N3O4S3. The van der Waals surface area contributed by atoms with E-state index >= 15 is 0 Å². The number of aryl methyl sites for hydroxylation is 1. The smallest absolute Gasteiger partial charge is 0.435 e. The maximum atomic E-state index is 12.7. The van der Waals surface area contributed by atoms with Crippen LogP contribution < -0.4 is 0 Å². The third kappa shape index (κ3) is 4.62. The van der Waals surface area contributed by atoms with Gasteiger partial charge in [-0.1, -0.05) is 22.7 Å². The van der Waals surface area contributed by atoms with Crippen molar-refractivity contribution in [3.8, 4) is 0 Å². The SMILES string of the molecule is O=C(O)CCc1nnc(Sc2nc(C(F)(F)F)c(C(=O)O)s2)s1. The molecule has 0 bridgehead atoms. The van der Waals surface area contributed by atoms with Gasteiger partial charge in [0.15, 0.2) is 14.4 Å². The second-order valence-electron chi connectivity index (χ2n) is 3.92. The first-order valence-corrected chi connectivity index (χ1v) is 8.15. The van der Waals surface area contributed by atoms with Gasteiger partial charge in [0, 0.05) is 6.42 Å². The Morgan fingerprint density at radius 3 is 2.35 bits per heavy atom. The average molecular weight is 385 g/mol. The van der Waals surface area contributed by atoms with Gasteiger partial charge in [0.05, 0.1) is 6.42 Å². The Kier molecular flexibility index (Phi) is 5.21. The monoisotopic (exact) mass is 385 g/mol. The van der Waals surface area contributed by atoms with Gasteiger partial charge in [0.2, 0.25) is 0 Å². The highest BCUT2D eigenvalue weighted by Gasteiger charge is 2.40. The fraction of sp³-hybridized carbons (Fsp3) is 0.300. The van der Waals surface area contributed by atoms with Gasteiger partial charge in [-0.15, -0.1) is 10.2 Å². The zero-order valence-corrected chi connectivity index (χ0v) is 13.3. The molecule has 0 aliphatic rings. The Morgan fingerprint density at radius 2 is 1.83 bits per heavy atom. The maximum Gasteiger partial charge on any atom is 0.435 e. The first-order chi connectivity index (χ1) is 10.7. The number of carboxylic acids is 2. The maximum absolute atomic E-state index is 12.7. The van der Waals surface area contributed by atoms with Crippen molar-refractivity contribution >= 4 is 46.4 Å². The molecule has 0 atom stereocenters. The molecule has 0 aliphatic carbocycles. The standard InChI is InChI=1S/C10H6F3N3O4S3/c11-10(12,13)6-5(7(19)20)22-8(14-6)23-9-16-15-3(21-9)1-2-4(17)18/h1-2H2,(H,17,18)(H,19,20). The van der Waals surface area contributed by atoms with Crippen molar-refractivity contribution in [1.82, 2.24) is 15.2 Å². The number of carboxylic acid groups (broad SMARTS) is 2. The van der Waals surface area contributed by atoms with E-state index in [4.69, 9.17) is 10.2 Å². The van der Waals surface area contributed by atoms with E-state index in [2.05, 4.69) is 15.2 Å². The number of halogens is 3. The predicted molar refractivity (Wildman–Crippen MR) is 74.1 cm³/mol. The molecule has 0 spiro atoms. The number of aromatic nitrogens is 3. The summed E-state index contributed by atoms with van der Waals surface area (Å²) in [6, 6.07) is 0. The largest absolute Gasteiger partial charge is 0.481 e. The molecule has 2 heterocycles. The summed E-state index contributed by atoms with van der Waals surface area (Å²) in [6.45, 7) is 0. The predicted octanol–water partition coefficient (Wildman–Crippen LogP) is 2.88. The third-order valence-corrected chi connectivity index (χ3v) is 5.38. The Hall–Kier alpha value is -1.73. The zero-order chi connectivity index (χ0) is 17.2. The highest BCUT2D eigenvalue weighted by Crippen LogP contribution is 2.40. The molecule has 2 N–H and O–H groups in total. The van der Waals surface area contributed by atoms with E-state index in [-0.39, 0.29) is 21.5 Å². The van der Waals surface area contributed by atoms with Crippen molar-refractivity contribution in [2.75, 3.05) is 0 Å². The summed E-state index contributed by atoms with van der Waals surface area (Å²) < 4.78 is 38.3. The molecule has 13 heteroatoms. The number of aliphatic carboxylic acids is 1. The van der Waals surface area contributed by atoms with Gasteiger partial charge >= 0.3 is 18.1 Å². The minimum atomic E-state index is -4.86. The fourth-order valence-corrected chi connectivity index (χ4v) is 4.45. The molecule has 124 valence electrons. The number of hydrogen-bond acceptors (Lipinski definition) is 8. The molecule has 0 fully saturated rings. The van der Waals surface area contributed by atoms with Crippen LogP contribution in [0.15, 0.2) is 8.68 Å². The van der Waals surface area contributed by atoms with Crippen LogP contribution in [0.3, 0.4) is 0 Å². The van der Waals surface area contributed by atoms with Crippen molar-refractivity contribution in [1.29, 1.82) is 0 Å². The molecule has 2 aromatic heterocycles. The van der Waals surface area contributed by atoms with Crippen LogP contribution in [0.1, 0.15) is 26.8 Å². The van der Waals surface area contributed by atoms with E-state index in [0.29, 0.717) is 16.3 Å². The van der Waals surface area contributed by atoms with Crippen LogP contribution in [0.4, 0.5) is 13.2 Å². The summed E-state index contributed by atoms with van der Waals surface area (Å²) in [4.78, 5) is 23.7. The quantitative estimate of drug-likeness (QED) is 0.780. The second-order valence-corrected chi connectivity index (χ2v) is 7.47. The normalized spacial score (nSPS) is 11.6. The van der Waals surface area contributed by atoms with Crippen LogP contribution in [-0.2, 0) is 17.4 Å². The summed E-state index contributed by atoms with van der Waals surface area (Å²) in [5.41, 5.74) is -1.45. The van der Waals surface area contributed by atoms with E-state index in [1.807, 2.05) is 0 Å².